The van der Waals surface area contributed by atoms with Crippen molar-refractivity contribution in [1.29, 1.82) is 0 Å². The molecule has 1 aliphatic heterocycles. The molecule has 1 N–H and O–H groups in total. The molecule has 25 heavy (non-hydrogen) atoms. The Hall–Kier alpha value is -2.63. The fourth-order valence-corrected chi connectivity index (χ4v) is 3.26. The van der Waals surface area contributed by atoms with E-state index in [1.54, 1.807) is 23.0 Å². The van der Waals surface area contributed by atoms with Gasteiger partial charge in [-0.3, -0.25) is 14.7 Å². The predicted octanol–water partition coefficient (Wildman–Crippen LogP) is 2.55. The van der Waals surface area contributed by atoms with Crippen LogP contribution in [0.5, 0.6) is 0 Å². The molecular weight excluding hydrogens is 316 g/mol. The zero-order valence-corrected chi connectivity index (χ0v) is 14.7. The van der Waals surface area contributed by atoms with Crippen molar-refractivity contribution < 1.29 is 9.59 Å². The molecule has 2 heterocycles. The topological polar surface area (TPSA) is 69.3 Å². The molecule has 1 atom stereocenters. The van der Waals surface area contributed by atoms with Crippen LogP contribution < -0.4 is 0 Å². The summed E-state index contributed by atoms with van der Waals surface area (Å²) in [5, 5.41) is 6.99. The molecule has 1 aromatic heterocycles. The second kappa shape index (κ2) is 7.51. The minimum atomic E-state index is -0.385. The third-order valence-corrected chi connectivity index (χ3v) is 4.74. The van der Waals surface area contributed by atoms with Crippen molar-refractivity contribution in [3.05, 3.63) is 42.1 Å². The van der Waals surface area contributed by atoms with Gasteiger partial charge in [0.15, 0.2) is 0 Å². The van der Waals surface area contributed by atoms with Crippen LogP contribution in [0, 0.1) is 0 Å². The lowest BCUT2D eigenvalue weighted by Gasteiger charge is -2.39. The summed E-state index contributed by atoms with van der Waals surface area (Å²) < 4.78 is 0. The number of rotatable bonds is 5. The van der Waals surface area contributed by atoms with Crippen LogP contribution in [0.2, 0.25) is 0 Å². The molecule has 0 saturated carbocycles. The normalized spacial score (nSPS) is 17.8. The molecule has 1 saturated heterocycles. The summed E-state index contributed by atoms with van der Waals surface area (Å²) in [5.74, 6) is -0.104. The van der Waals surface area contributed by atoms with Crippen molar-refractivity contribution in [2.75, 3.05) is 20.1 Å². The number of carbonyl (C=O) groups is 2. The number of hydrogen-bond acceptors (Lipinski definition) is 3. The molecule has 1 aliphatic rings. The lowest BCUT2D eigenvalue weighted by Crippen LogP contribution is -2.57. The Morgan fingerprint density at radius 2 is 2.04 bits per heavy atom. The van der Waals surface area contributed by atoms with E-state index in [-0.39, 0.29) is 17.9 Å². The van der Waals surface area contributed by atoms with Crippen LogP contribution >= 0.6 is 0 Å². The molecule has 0 bridgehead atoms. The predicted molar refractivity (Wildman–Crippen MR) is 96.0 cm³/mol. The average molecular weight is 340 g/mol. The van der Waals surface area contributed by atoms with Gasteiger partial charge >= 0.3 is 0 Å². The van der Waals surface area contributed by atoms with E-state index < -0.39 is 0 Å². The van der Waals surface area contributed by atoms with Crippen LogP contribution in [0.15, 0.2) is 36.5 Å². The van der Waals surface area contributed by atoms with Gasteiger partial charge in [0.1, 0.15) is 6.04 Å². The highest BCUT2D eigenvalue weighted by Gasteiger charge is 2.36. The standard InChI is InChI=1S/C19H24N4O2/c1-3-4-10-16-19(25)22(2)11-12-23(16)18(24)15-13-20-21-17(15)14-8-6-5-7-9-14/h5-9,13,16H,3-4,10-12H2,1-2H3,(H,20,21)/t16-/m1/s1. The number of H-pyrrole nitrogens is 1. The number of amides is 2. The fraction of sp³-hybridized carbons (Fsp3) is 0.421. The summed E-state index contributed by atoms with van der Waals surface area (Å²) >= 11 is 0. The molecule has 0 unspecified atom stereocenters. The number of nitrogens with one attached hydrogen (secondary N) is 1. The second-order valence-corrected chi connectivity index (χ2v) is 6.44. The van der Waals surface area contributed by atoms with Gasteiger partial charge in [-0.2, -0.15) is 5.10 Å². The number of aromatic nitrogens is 2. The largest absolute Gasteiger partial charge is 0.342 e. The molecule has 0 aliphatic carbocycles. The smallest absolute Gasteiger partial charge is 0.258 e. The summed E-state index contributed by atoms with van der Waals surface area (Å²) in [4.78, 5) is 29.2. The van der Waals surface area contributed by atoms with Crippen molar-refractivity contribution in [2.45, 2.75) is 32.2 Å². The summed E-state index contributed by atoms with van der Waals surface area (Å²) in [6.45, 7) is 3.20. The zero-order chi connectivity index (χ0) is 17.8. The van der Waals surface area contributed by atoms with Gasteiger partial charge in [-0.1, -0.05) is 50.1 Å². The highest BCUT2D eigenvalue weighted by molar-refractivity contribution is 6.02. The molecule has 2 aromatic rings. The Balaban J connectivity index is 1.89. The summed E-state index contributed by atoms with van der Waals surface area (Å²) in [7, 11) is 1.80. The van der Waals surface area contributed by atoms with Gasteiger partial charge in [0.05, 0.1) is 17.5 Å². The van der Waals surface area contributed by atoms with Crippen molar-refractivity contribution >= 4 is 11.8 Å². The van der Waals surface area contributed by atoms with Crippen LogP contribution in [0.1, 0.15) is 36.5 Å². The number of benzene rings is 1. The summed E-state index contributed by atoms with van der Waals surface area (Å²) in [6.07, 6.45) is 4.18. The molecule has 2 amide bonds. The number of hydrogen-bond donors (Lipinski definition) is 1. The van der Waals surface area contributed by atoms with E-state index in [4.69, 9.17) is 0 Å². The van der Waals surface area contributed by atoms with Gasteiger partial charge in [0.2, 0.25) is 5.91 Å². The number of carbonyl (C=O) groups excluding carboxylic acids is 2. The van der Waals surface area contributed by atoms with E-state index in [1.807, 2.05) is 30.3 Å². The molecule has 0 radical (unpaired) electrons. The third-order valence-electron chi connectivity index (χ3n) is 4.74. The highest BCUT2D eigenvalue weighted by Crippen LogP contribution is 2.25. The fourth-order valence-electron chi connectivity index (χ4n) is 3.26. The Kier molecular flexibility index (Phi) is 5.16. The first-order chi connectivity index (χ1) is 12.1. The van der Waals surface area contributed by atoms with Crippen LogP contribution in [-0.4, -0.2) is 58.0 Å². The van der Waals surface area contributed by atoms with Gasteiger partial charge in [-0.05, 0) is 6.42 Å². The van der Waals surface area contributed by atoms with E-state index in [0.717, 1.165) is 18.4 Å². The average Bonchev–Trinajstić information content (AvgIpc) is 3.13. The SMILES string of the molecule is CCCC[C@@H]1C(=O)N(C)CCN1C(=O)c1cn[nH]c1-c1ccccc1. The molecule has 1 aromatic carbocycles. The Labute approximate surface area is 147 Å². The second-order valence-electron chi connectivity index (χ2n) is 6.44. The first kappa shape index (κ1) is 17.2. The molecule has 3 rings (SSSR count). The quantitative estimate of drug-likeness (QED) is 0.909. The number of aromatic amines is 1. The van der Waals surface area contributed by atoms with Crippen molar-refractivity contribution in [3.63, 3.8) is 0 Å². The van der Waals surface area contributed by atoms with Crippen molar-refractivity contribution in [3.8, 4) is 11.3 Å². The first-order valence-corrected chi connectivity index (χ1v) is 8.78. The zero-order valence-electron chi connectivity index (χ0n) is 14.7. The molecule has 6 heteroatoms. The van der Waals surface area contributed by atoms with Crippen molar-refractivity contribution in [2.24, 2.45) is 0 Å². The van der Waals surface area contributed by atoms with E-state index in [1.165, 1.54) is 0 Å². The van der Waals surface area contributed by atoms with Gasteiger partial charge in [0.25, 0.3) is 5.91 Å². The van der Waals surface area contributed by atoms with E-state index in [9.17, 15) is 9.59 Å². The molecule has 132 valence electrons. The van der Waals surface area contributed by atoms with Gasteiger partial charge in [-0.15, -0.1) is 0 Å². The third kappa shape index (κ3) is 3.43. The lowest BCUT2D eigenvalue weighted by atomic mass is 10.0. The number of piperazine rings is 1. The molecule has 0 spiro atoms. The minimum Gasteiger partial charge on any atom is -0.342 e. The number of unbranched alkanes of at least 4 members (excludes halogenated alkanes) is 1. The molecule has 1 fully saturated rings. The summed E-state index contributed by atoms with van der Waals surface area (Å²) in [5.41, 5.74) is 2.13. The highest BCUT2D eigenvalue weighted by atomic mass is 16.2. The minimum absolute atomic E-state index is 0.0257. The van der Waals surface area contributed by atoms with Gasteiger partial charge in [-0.25, -0.2) is 0 Å². The van der Waals surface area contributed by atoms with Gasteiger partial charge in [0, 0.05) is 25.7 Å². The van der Waals surface area contributed by atoms with E-state index in [0.29, 0.717) is 30.8 Å². The molecular formula is C19H24N4O2. The lowest BCUT2D eigenvalue weighted by molar-refractivity contribution is -0.138. The maximum Gasteiger partial charge on any atom is 0.258 e. The monoisotopic (exact) mass is 340 g/mol. The molecule has 6 nitrogen and oxygen atoms in total. The number of likely N-dealkylation sites (N-methyl/N-ethyl adjacent to an activating group) is 1. The van der Waals surface area contributed by atoms with Crippen LogP contribution in [0.4, 0.5) is 0 Å². The first-order valence-electron chi connectivity index (χ1n) is 8.78. The van der Waals surface area contributed by atoms with E-state index in [2.05, 4.69) is 17.1 Å². The maximum absolute atomic E-state index is 13.2. The number of nitrogens with zero attached hydrogens (tertiary/aromatic N) is 3. The Morgan fingerprint density at radius 3 is 2.76 bits per heavy atom. The summed E-state index contributed by atoms with van der Waals surface area (Å²) in [6, 6.07) is 9.27. The van der Waals surface area contributed by atoms with Crippen molar-refractivity contribution in [1.82, 2.24) is 20.0 Å². The maximum atomic E-state index is 13.2. The van der Waals surface area contributed by atoms with Crippen LogP contribution in [-0.2, 0) is 4.79 Å². The van der Waals surface area contributed by atoms with Gasteiger partial charge < -0.3 is 9.80 Å². The van der Waals surface area contributed by atoms with E-state index >= 15 is 0 Å². The Bertz CT molecular complexity index is 741. The Morgan fingerprint density at radius 1 is 1.28 bits per heavy atom. The van der Waals surface area contributed by atoms with Crippen LogP contribution in [0.3, 0.4) is 0 Å². The van der Waals surface area contributed by atoms with Crippen LogP contribution in [0.25, 0.3) is 11.3 Å².